The SMILES string of the molecule is c1cc2ccc3ccc4c(c3c2c2c1OCO2)OCO4. The Kier molecular flexibility index (Phi) is 1.77. The van der Waals surface area contributed by atoms with Crippen molar-refractivity contribution in [1.29, 1.82) is 0 Å². The first kappa shape index (κ1) is 10.2. The minimum Gasteiger partial charge on any atom is -0.454 e. The summed E-state index contributed by atoms with van der Waals surface area (Å²) < 4.78 is 22.3. The molecular formula is C16H10O4. The second kappa shape index (κ2) is 3.48. The molecule has 5 rings (SSSR count). The van der Waals surface area contributed by atoms with E-state index in [1.165, 1.54) is 0 Å². The van der Waals surface area contributed by atoms with Gasteiger partial charge in [0.25, 0.3) is 0 Å². The maximum absolute atomic E-state index is 5.66. The van der Waals surface area contributed by atoms with Gasteiger partial charge in [0.15, 0.2) is 23.0 Å². The lowest BCUT2D eigenvalue weighted by Crippen LogP contribution is -1.94. The zero-order chi connectivity index (χ0) is 13.1. The number of benzene rings is 3. The summed E-state index contributed by atoms with van der Waals surface area (Å²) >= 11 is 0. The van der Waals surface area contributed by atoms with Crippen molar-refractivity contribution < 1.29 is 18.9 Å². The van der Waals surface area contributed by atoms with Crippen LogP contribution in [0.25, 0.3) is 21.5 Å². The van der Waals surface area contributed by atoms with Crippen molar-refractivity contribution in [2.45, 2.75) is 0 Å². The third kappa shape index (κ3) is 1.16. The van der Waals surface area contributed by atoms with Crippen LogP contribution < -0.4 is 18.9 Å². The van der Waals surface area contributed by atoms with Gasteiger partial charge in [0, 0.05) is 10.8 Å². The summed E-state index contributed by atoms with van der Waals surface area (Å²) in [6.45, 7) is 0.522. The van der Waals surface area contributed by atoms with Crippen LogP contribution in [0.5, 0.6) is 23.0 Å². The summed E-state index contributed by atoms with van der Waals surface area (Å²) in [6, 6.07) is 12.1. The van der Waals surface area contributed by atoms with Gasteiger partial charge < -0.3 is 18.9 Å². The first-order chi connectivity index (χ1) is 9.92. The molecule has 0 unspecified atom stereocenters. The maximum Gasteiger partial charge on any atom is 0.231 e. The van der Waals surface area contributed by atoms with Gasteiger partial charge >= 0.3 is 0 Å². The highest BCUT2D eigenvalue weighted by atomic mass is 16.7. The Morgan fingerprint density at radius 2 is 1.00 bits per heavy atom. The van der Waals surface area contributed by atoms with Crippen LogP contribution in [-0.2, 0) is 0 Å². The van der Waals surface area contributed by atoms with Crippen molar-refractivity contribution in [1.82, 2.24) is 0 Å². The molecule has 2 aliphatic heterocycles. The van der Waals surface area contributed by atoms with Gasteiger partial charge in [0.05, 0.1) is 0 Å². The smallest absolute Gasteiger partial charge is 0.231 e. The van der Waals surface area contributed by atoms with Crippen molar-refractivity contribution in [3.05, 3.63) is 36.4 Å². The molecule has 0 atom stereocenters. The fraction of sp³-hybridized carbons (Fsp3) is 0.125. The van der Waals surface area contributed by atoms with Gasteiger partial charge in [-0.3, -0.25) is 0 Å². The molecule has 0 N–H and O–H groups in total. The molecule has 0 spiro atoms. The minimum absolute atomic E-state index is 0.261. The maximum atomic E-state index is 5.66. The molecule has 0 amide bonds. The van der Waals surface area contributed by atoms with E-state index in [9.17, 15) is 0 Å². The second-order valence-electron chi connectivity index (χ2n) is 4.86. The van der Waals surface area contributed by atoms with Crippen LogP contribution in [0.1, 0.15) is 0 Å². The fourth-order valence-corrected chi connectivity index (χ4v) is 2.95. The zero-order valence-electron chi connectivity index (χ0n) is 10.5. The molecule has 2 aliphatic rings. The van der Waals surface area contributed by atoms with E-state index in [1.807, 2.05) is 24.3 Å². The Balaban J connectivity index is 2.05. The average molecular weight is 266 g/mol. The quantitative estimate of drug-likeness (QED) is 0.584. The average Bonchev–Trinajstić information content (AvgIpc) is 3.14. The Labute approximate surface area is 114 Å². The predicted octanol–water partition coefficient (Wildman–Crippen LogP) is 3.45. The van der Waals surface area contributed by atoms with Crippen LogP contribution in [0.2, 0.25) is 0 Å². The second-order valence-corrected chi connectivity index (χ2v) is 4.86. The van der Waals surface area contributed by atoms with Gasteiger partial charge in [-0.15, -0.1) is 0 Å². The van der Waals surface area contributed by atoms with Crippen molar-refractivity contribution >= 4 is 21.5 Å². The first-order valence-electron chi connectivity index (χ1n) is 6.45. The van der Waals surface area contributed by atoms with Gasteiger partial charge in [0.1, 0.15) is 0 Å². The van der Waals surface area contributed by atoms with Crippen molar-refractivity contribution in [3.8, 4) is 23.0 Å². The lowest BCUT2D eigenvalue weighted by Gasteiger charge is -2.09. The van der Waals surface area contributed by atoms with Crippen LogP contribution in [0.15, 0.2) is 36.4 Å². The zero-order valence-corrected chi connectivity index (χ0v) is 10.5. The van der Waals surface area contributed by atoms with E-state index in [4.69, 9.17) is 18.9 Å². The highest BCUT2D eigenvalue weighted by molar-refractivity contribution is 6.15. The van der Waals surface area contributed by atoms with Crippen molar-refractivity contribution in [2.24, 2.45) is 0 Å². The standard InChI is InChI=1S/C16H10O4/c1-2-10-4-6-12-16(20-8-18-12)14(10)13-9(1)3-5-11-15(13)19-7-17-11/h1-6H,7-8H2. The van der Waals surface area contributed by atoms with Gasteiger partial charge in [-0.2, -0.15) is 0 Å². The molecule has 4 nitrogen and oxygen atoms in total. The first-order valence-corrected chi connectivity index (χ1v) is 6.45. The van der Waals surface area contributed by atoms with E-state index in [-0.39, 0.29) is 13.6 Å². The van der Waals surface area contributed by atoms with Gasteiger partial charge in [-0.1, -0.05) is 24.3 Å². The summed E-state index contributed by atoms with van der Waals surface area (Å²) in [7, 11) is 0. The molecule has 0 fully saturated rings. The van der Waals surface area contributed by atoms with E-state index in [0.29, 0.717) is 0 Å². The largest absolute Gasteiger partial charge is 0.454 e. The number of hydrogen-bond acceptors (Lipinski definition) is 4. The summed E-state index contributed by atoms with van der Waals surface area (Å²) in [5.74, 6) is 3.14. The minimum atomic E-state index is 0.261. The van der Waals surface area contributed by atoms with Gasteiger partial charge in [0.2, 0.25) is 13.6 Å². The molecule has 2 heterocycles. The van der Waals surface area contributed by atoms with Gasteiger partial charge in [-0.05, 0) is 22.9 Å². The number of ether oxygens (including phenoxy) is 4. The Bertz CT molecular complexity index is 797. The summed E-state index contributed by atoms with van der Waals surface area (Å²) in [6.07, 6.45) is 0. The van der Waals surface area contributed by atoms with E-state index in [1.54, 1.807) is 0 Å². The van der Waals surface area contributed by atoms with Crippen molar-refractivity contribution in [3.63, 3.8) is 0 Å². The van der Waals surface area contributed by atoms with E-state index >= 15 is 0 Å². The number of fused-ring (bicyclic) bond motifs is 7. The van der Waals surface area contributed by atoms with E-state index in [0.717, 1.165) is 44.5 Å². The molecule has 20 heavy (non-hydrogen) atoms. The third-order valence-corrected chi connectivity index (χ3v) is 3.84. The van der Waals surface area contributed by atoms with Crippen molar-refractivity contribution in [2.75, 3.05) is 13.6 Å². The van der Waals surface area contributed by atoms with Crippen LogP contribution in [0.3, 0.4) is 0 Å². The molecule has 0 bridgehead atoms. The molecule has 0 saturated heterocycles. The monoisotopic (exact) mass is 266 g/mol. The van der Waals surface area contributed by atoms with E-state index in [2.05, 4.69) is 12.1 Å². The van der Waals surface area contributed by atoms with Crippen LogP contribution in [0, 0.1) is 0 Å². The number of hydrogen-bond donors (Lipinski definition) is 0. The highest BCUT2D eigenvalue weighted by Gasteiger charge is 2.23. The Morgan fingerprint density at radius 1 is 0.550 bits per heavy atom. The topological polar surface area (TPSA) is 36.9 Å². The molecule has 0 aliphatic carbocycles. The molecule has 4 heteroatoms. The van der Waals surface area contributed by atoms with Crippen LogP contribution in [0.4, 0.5) is 0 Å². The summed E-state index contributed by atoms with van der Waals surface area (Å²) in [4.78, 5) is 0. The Morgan fingerprint density at radius 3 is 1.50 bits per heavy atom. The lowest BCUT2D eigenvalue weighted by atomic mass is 9.99. The molecule has 98 valence electrons. The van der Waals surface area contributed by atoms with Crippen LogP contribution >= 0.6 is 0 Å². The van der Waals surface area contributed by atoms with Gasteiger partial charge in [-0.25, -0.2) is 0 Å². The Hall–Kier alpha value is -2.62. The molecule has 0 radical (unpaired) electrons. The molecular weight excluding hydrogens is 256 g/mol. The highest BCUT2D eigenvalue weighted by Crippen LogP contribution is 2.48. The molecule has 3 aromatic carbocycles. The molecule has 0 saturated carbocycles. The summed E-state index contributed by atoms with van der Waals surface area (Å²) in [5.41, 5.74) is 0. The molecule has 0 aromatic heterocycles. The lowest BCUT2D eigenvalue weighted by molar-refractivity contribution is 0.174. The fourth-order valence-electron chi connectivity index (χ4n) is 2.95. The molecule has 3 aromatic rings. The van der Waals surface area contributed by atoms with E-state index < -0.39 is 0 Å². The summed E-state index contributed by atoms with van der Waals surface area (Å²) in [5, 5.41) is 4.26. The normalized spacial score (nSPS) is 15.2. The number of rotatable bonds is 0. The van der Waals surface area contributed by atoms with Crippen LogP contribution in [-0.4, -0.2) is 13.6 Å². The predicted molar refractivity (Wildman–Crippen MR) is 73.7 cm³/mol. The third-order valence-electron chi connectivity index (χ3n) is 3.84.